The lowest BCUT2D eigenvalue weighted by Crippen LogP contribution is -2.53. The van der Waals surface area contributed by atoms with Crippen molar-refractivity contribution in [2.45, 2.75) is 58.7 Å². The molecule has 204 valence electrons. The van der Waals surface area contributed by atoms with Crippen molar-refractivity contribution in [2.75, 3.05) is 50.8 Å². The van der Waals surface area contributed by atoms with Gasteiger partial charge in [0.15, 0.2) is 0 Å². The number of hydrogen-bond acceptors (Lipinski definition) is 5. The molecule has 4 heterocycles. The van der Waals surface area contributed by atoms with Gasteiger partial charge in [0, 0.05) is 75.9 Å². The van der Waals surface area contributed by atoms with Crippen LogP contribution in [0.25, 0.3) is 16.6 Å². The number of piperazine rings is 1. The number of nitrogens with zero attached hydrogens (tertiary/aromatic N) is 5. The molecule has 8 nitrogen and oxygen atoms in total. The monoisotopic (exact) mass is 518 g/mol. The van der Waals surface area contributed by atoms with Gasteiger partial charge in [0.05, 0.1) is 11.2 Å². The van der Waals surface area contributed by atoms with Crippen LogP contribution in [0.15, 0.2) is 48.8 Å². The van der Waals surface area contributed by atoms with Crippen LogP contribution >= 0.6 is 0 Å². The van der Waals surface area contributed by atoms with Gasteiger partial charge in [-0.15, -0.1) is 0 Å². The minimum atomic E-state index is -0.230. The van der Waals surface area contributed by atoms with Gasteiger partial charge in [0.2, 0.25) is 0 Å². The summed E-state index contributed by atoms with van der Waals surface area (Å²) in [7, 11) is 0. The van der Waals surface area contributed by atoms with Crippen molar-refractivity contribution in [3.8, 4) is 11.1 Å². The molecule has 1 atom stereocenters. The molecule has 0 spiro atoms. The summed E-state index contributed by atoms with van der Waals surface area (Å²) in [5, 5.41) is 7.59. The molecule has 1 N–H and O–H groups in total. The van der Waals surface area contributed by atoms with Crippen LogP contribution in [0.5, 0.6) is 0 Å². The molecule has 2 aliphatic rings. The molecular weight excluding hydrogens is 476 g/mol. The maximum absolute atomic E-state index is 12.4. The third kappa shape index (κ3) is 5.24. The van der Waals surface area contributed by atoms with Gasteiger partial charge >= 0.3 is 6.03 Å². The quantitative estimate of drug-likeness (QED) is 0.496. The van der Waals surface area contributed by atoms with Gasteiger partial charge in [-0.1, -0.05) is 24.3 Å². The maximum Gasteiger partial charge on any atom is 0.317 e. The molecular formula is C30H42N6O2. The molecule has 0 radical (unpaired) electrons. The number of carbonyl (C=O) groups excluding carboxylic acids is 1. The smallest absolute Gasteiger partial charge is 0.317 e. The van der Waals surface area contributed by atoms with Gasteiger partial charge in [-0.2, -0.15) is 5.10 Å². The van der Waals surface area contributed by atoms with Crippen molar-refractivity contribution < 1.29 is 9.53 Å². The van der Waals surface area contributed by atoms with E-state index in [-0.39, 0.29) is 17.7 Å². The molecule has 2 saturated heterocycles. The molecule has 3 aromatic rings. The molecule has 0 saturated carbocycles. The first-order valence-electron chi connectivity index (χ1n) is 14.1. The number of nitrogens with one attached hydrogen (secondary N) is 1. The third-order valence-electron chi connectivity index (χ3n) is 7.96. The summed E-state index contributed by atoms with van der Waals surface area (Å²) in [5.74, 6) is 0. The lowest BCUT2D eigenvalue weighted by molar-refractivity contribution is -0.0374. The zero-order chi connectivity index (χ0) is 26.9. The SMILES string of the molecule is CCO[C@@]1(c2ccc(-c3cc4c(N5CCN(C(=O)NC(C)C)CC5)ccnn4c3)cc2)CCN(C(C)C)C1. The standard InChI is InChI=1S/C30H42N6O2/c1-6-38-30(12-14-35(21-30)23(4)5)26-9-7-24(8-10-26)25-19-28-27(11-13-31-36(28)20-25)33-15-17-34(18-16-33)29(37)32-22(2)3/h7-11,13,19-20,22-23H,6,12,14-18,21H2,1-5H3,(H,32,37)/t30-/m0/s1. The Morgan fingerprint density at radius 3 is 2.39 bits per heavy atom. The van der Waals surface area contributed by atoms with Crippen LogP contribution in [0.3, 0.4) is 0 Å². The van der Waals surface area contributed by atoms with Crippen LogP contribution in [0, 0.1) is 0 Å². The fourth-order valence-corrected chi connectivity index (χ4v) is 5.84. The number of likely N-dealkylation sites (tertiary alicyclic amines) is 1. The molecule has 0 aliphatic carbocycles. The number of rotatable bonds is 7. The summed E-state index contributed by atoms with van der Waals surface area (Å²) in [5.41, 5.74) is 5.58. The van der Waals surface area contributed by atoms with Gasteiger partial charge in [0.1, 0.15) is 5.60 Å². The van der Waals surface area contributed by atoms with E-state index in [2.05, 4.69) is 83.6 Å². The zero-order valence-corrected chi connectivity index (χ0v) is 23.5. The largest absolute Gasteiger partial charge is 0.369 e. The molecule has 38 heavy (non-hydrogen) atoms. The molecule has 2 aliphatic heterocycles. The van der Waals surface area contributed by atoms with E-state index >= 15 is 0 Å². The highest BCUT2D eigenvalue weighted by molar-refractivity contribution is 5.80. The molecule has 8 heteroatoms. The lowest BCUT2D eigenvalue weighted by atomic mass is 9.91. The molecule has 5 rings (SSSR count). The van der Waals surface area contributed by atoms with E-state index in [4.69, 9.17) is 4.74 Å². The van der Waals surface area contributed by atoms with Crippen molar-refractivity contribution in [1.82, 2.24) is 24.7 Å². The summed E-state index contributed by atoms with van der Waals surface area (Å²) in [6.07, 6.45) is 4.99. The Hall–Kier alpha value is -3.10. The van der Waals surface area contributed by atoms with E-state index in [1.54, 1.807) is 0 Å². The highest BCUT2D eigenvalue weighted by Gasteiger charge is 2.41. The normalized spacial score (nSPS) is 20.7. The summed E-state index contributed by atoms with van der Waals surface area (Å²) in [4.78, 5) is 19.2. The van der Waals surface area contributed by atoms with Crippen molar-refractivity contribution in [2.24, 2.45) is 0 Å². The minimum absolute atomic E-state index is 0.0218. The summed E-state index contributed by atoms with van der Waals surface area (Å²) in [6.45, 7) is 16.3. The van der Waals surface area contributed by atoms with Crippen molar-refractivity contribution >= 4 is 17.2 Å². The van der Waals surface area contributed by atoms with Gasteiger partial charge < -0.3 is 19.9 Å². The van der Waals surface area contributed by atoms with Crippen LogP contribution < -0.4 is 10.2 Å². The number of hydrogen-bond donors (Lipinski definition) is 1. The van der Waals surface area contributed by atoms with E-state index in [1.807, 2.05) is 29.5 Å². The number of urea groups is 1. The Morgan fingerprint density at radius 1 is 1.03 bits per heavy atom. The summed E-state index contributed by atoms with van der Waals surface area (Å²) in [6, 6.07) is 13.9. The van der Waals surface area contributed by atoms with E-state index in [0.29, 0.717) is 25.7 Å². The van der Waals surface area contributed by atoms with Crippen LogP contribution in [0.2, 0.25) is 0 Å². The molecule has 0 unspecified atom stereocenters. The van der Waals surface area contributed by atoms with Gasteiger partial charge in [-0.25, -0.2) is 9.31 Å². The second kappa shape index (κ2) is 10.9. The van der Waals surface area contributed by atoms with Crippen LogP contribution in [-0.2, 0) is 10.3 Å². The number of benzene rings is 1. The molecule has 2 fully saturated rings. The minimum Gasteiger partial charge on any atom is -0.369 e. The number of carbonyl (C=O) groups is 1. The highest BCUT2D eigenvalue weighted by Crippen LogP contribution is 2.38. The number of aromatic nitrogens is 2. The Morgan fingerprint density at radius 2 is 1.76 bits per heavy atom. The lowest BCUT2D eigenvalue weighted by Gasteiger charge is -2.36. The van der Waals surface area contributed by atoms with Gasteiger partial charge in [0.25, 0.3) is 0 Å². The fraction of sp³-hybridized carbons (Fsp3) is 0.533. The Kier molecular flexibility index (Phi) is 7.63. The average Bonchev–Trinajstić information content (AvgIpc) is 3.54. The van der Waals surface area contributed by atoms with Crippen LogP contribution in [0.1, 0.15) is 46.6 Å². The first kappa shape index (κ1) is 26.5. The second-order valence-electron chi connectivity index (χ2n) is 11.2. The number of ether oxygens (including phenoxy) is 1. The number of fused-ring (bicyclic) bond motifs is 1. The van der Waals surface area contributed by atoms with E-state index in [1.165, 1.54) is 11.1 Å². The van der Waals surface area contributed by atoms with Crippen LogP contribution in [-0.4, -0.2) is 83.4 Å². The van der Waals surface area contributed by atoms with Crippen molar-refractivity contribution in [3.63, 3.8) is 0 Å². The Bertz CT molecular complexity index is 1250. The van der Waals surface area contributed by atoms with Gasteiger partial charge in [-0.3, -0.25) is 4.90 Å². The van der Waals surface area contributed by atoms with Crippen molar-refractivity contribution in [3.05, 3.63) is 54.4 Å². The Labute approximate surface area is 226 Å². The third-order valence-corrected chi connectivity index (χ3v) is 7.96. The molecule has 1 aromatic carbocycles. The zero-order valence-electron chi connectivity index (χ0n) is 23.5. The predicted octanol–water partition coefficient (Wildman–Crippen LogP) is 4.59. The van der Waals surface area contributed by atoms with E-state index < -0.39 is 0 Å². The summed E-state index contributed by atoms with van der Waals surface area (Å²) < 4.78 is 8.35. The number of anilines is 1. The second-order valence-corrected chi connectivity index (χ2v) is 11.2. The van der Waals surface area contributed by atoms with E-state index in [9.17, 15) is 4.79 Å². The molecule has 0 bridgehead atoms. The first-order chi connectivity index (χ1) is 18.3. The predicted molar refractivity (Wildman–Crippen MR) is 153 cm³/mol. The first-order valence-corrected chi connectivity index (χ1v) is 14.1. The fourth-order valence-electron chi connectivity index (χ4n) is 5.84. The topological polar surface area (TPSA) is 65.3 Å². The van der Waals surface area contributed by atoms with Crippen LogP contribution in [0.4, 0.5) is 10.5 Å². The molecule has 2 amide bonds. The summed E-state index contributed by atoms with van der Waals surface area (Å²) >= 11 is 0. The number of amides is 2. The van der Waals surface area contributed by atoms with E-state index in [0.717, 1.165) is 49.4 Å². The van der Waals surface area contributed by atoms with Crippen molar-refractivity contribution in [1.29, 1.82) is 0 Å². The average molecular weight is 519 g/mol. The molecule has 2 aromatic heterocycles. The maximum atomic E-state index is 12.4. The Balaban J connectivity index is 1.34. The highest BCUT2D eigenvalue weighted by atomic mass is 16.5. The van der Waals surface area contributed by atoms with Gasteiger partial charge in [-0.05, 0) is 64.3 Å².